The van der Waals surface area contributed by atoms with Gasteiger partial charge in [-0.2, -0.15) is 13.1 Å². The first-order valence-electron chi connectivity index (χ1n) is 13.2. The molecule has 42 heavy (non-hydrogen) atoms. The summed E-state index contributed by atoms with van der Waals surface area (Å²) in [5, 5.41) is 15.8. The molecular weight excluding hydrogens is 707 g/mol. The van der Waals surface area contributed by atoms with E-state index < -0.39 is 0 Å². The van der Waals surface area contributed by atoms with Crippen LogP contribution >= 0.6 is 0 Å². The Kier molecular flexibility index (Phi) is 18.2. The molecule has 0 spiro atoms. The van der Waals surface area contributed by atoms with Gasteiger partial charge in [0.1, 0.15) is 23.0 Å². The van der Waals surface area contributed by atoms with Gasteiger partial charge in [0.05, 0.1) is 39.6 Å². The summed E-state index contributed by atoms with van der Waals surface area (Å²) >= 11 is 0. The van der Waals surface area contributed by atoms with Crippen LogP contribution in [0.3, 0.4) is 0 Å². The Hall–Kier alpha value is -2.13. The summed E-state index contributed by atoms with van der Waals surface area (Å²) in [6, 6.07) is 0. The Balaban J connectivity index is 0.00000840. The number of carbonyl (C=O) groups excluding carboxylic acids is 2. The average molecular weight is 752 g/mol. The van der Waals surface area contributed by atoms with Crippen molar-refractivity contribution in [2.24, 2.45) is 10.8 Å². The van der Waals surface area contributed by atoms with E-state index >= 15 is 0 Å². The number of ether oxygens (including phenoxy) is 4. The zero-order valence-corrected chi connectivity index (χ0v) is 30.6. The van der Waals surface area contributed by atoms with E-state index in [1.807, 2.05) is 0 Å². The number of rotatable bonds is 17. The van der Waals surface area contributed by atoms with Gasteiger partial charge in [-0.25, -0.2) is 0 Å². The van der Waals surface area contributed by atoms with Gasteiger partial charge in [0, 0.05) is 49.8 Å². The van der Waals surface area contributed by atoms with Crippen molar-refractivity contribution in [1.29, 1.82) is 0 Å². The van der Waals surface area contributed by atoms with E-state index in [1.54, 1.807) is 24.6 Å². The molecule has 0 aromatic heterocycles. The van der Waals surface area contributed by atoms with Crippen molar-refractivity contribution in [3.05, 3.63) is 81.5 Å². The fourth-order valence-corrected chi connectivity index (χ4v) is 3.89. The molecule has 0 unspecified atom stereocenters. The maximum absolute atomic E-state index is 12.4. The van der Waals surface area contributed by atoms with Gasteiger partial charge in [0.2, 0.25) is 0 Å². The average Bonchev–Trinajstić information content (AvgIpc) is 2.91. The zero-order chi connectivity index (χ0) is 29.8. The molecule has 0 fully saturated rings. The summed E-state index contributed by atoms with van der Waals surface area (Å²) in [5.41, 5.74) is 0.699. The molecule has 0 saturated heterocycles. The van der Waals surface area contributed by atoms with Gasteiger partial charge in [-0.3, -0.25) is 9.59 Å². The molecule has 2 aliphatic rings. The minimum absolute atomic E-state index is 0. The number of nitrogens with one attached hydrogen (secondary N) is 2. The molecule has 0 aromatic carbocycles. The van der Waals surface area contributed by atoms with Crippen molar-refractivity contribution in [2.45, 2.75) is 27.7 Å². The van der Waals surface area contributed by atoms with E-state index in [-0.39, 0.29) is 66.2 Å². The van der Waals surface area contributed by atoms with Gasteiger partial charge in [0.25, 0.3) is 0 Å². The predicted octanol–water partition coefficient (Wildman–Crippen LogP) is 0.643. The predicted molar refractivity (Wildman–Crippen MR) is 162 cm³/mol. The molecule has 0 bridgehead atoms. The molecule has 0 saturated carbocycles. The third-order valence-electron chi connectivity index (χ3n) is 6.22. The van der Waals surface area contributed by atoms with Gasteiger partial charge in [-0.1, -0.05) is 27.7 Å². The smallest absolute Gasteiger partial charge is 1.00 e. The fourth-order valence-electron chi connectivity index (χ4n) is 3.89. The van der Waals surface area contributed by atoms with Gasteiger partial charge in [0.15, 0.2) is 11.6 Å². The SMILES string of the molecule is COC1=CC(=O)/C(=C\NCC(C)(C)C[N-]CC[N-]CC(C)(C)CN/C=C2/C(=O)C=C(OC)C=C2OC)C(OC)=C1.[68Ga+3].[I-]. The van der Waals surface area contributed by atoms with Crippen LogP contribution in [0.1, 0.15) is 27.7 Å². The van der Waals surface area contributed by atoms with Crippen LogP contribution in [0.2, 0.25) is 0 Å². The van der Waals surface area contributed by atoms with Crippen LogP contribution in [0.5, 0.6) is 0 Å². The number of hydrogen-bond donors (Lipinski definition) is 2. The van der Waals surface area contributed by atoms with E-state index in [4.69, 9.17) is 18.9 Å². The number of methoxy groups -OCH3 is 4. The molecule has 12 heteroatoms. The van der Waals surface area contributed by atoms with E-state index in [2.05, 4.69) is 49.0 Å². The molecule has 0 atom stereocenters. The van der Waals surface area contributed by atoms with Crippen molar-refractivity contribution < 1.29 is 52.5 Å². The normalized spacial score (nSPS) is 17.2. The van der Waals surface area contributed by atoms with Crippen LogP contribution in [0.15, 0.2) is 70.9 Å². The fraction of sp³-hybridized carbons (Fsp3) is 0.533. The first-order chi connectivity index (χ1) is 18.9. The second kappa shape index (κ2) is 19.2. The van der Waals surface area contributed by atoms with Crippen LogP contribution in [0, 0.1) is 10.8 Å². The van der Waals surface area contributed by atoms with Gasteiger partial charge < -0.3 is 64.2 Å². The first kappa shape index (κ1) is 39.9. The van der Waals surface area contributed by atoms with Crippen molar-refractivity contribution in [2.75, 3.05) is 67.7 Å². The quantitative estimate of drug-likeness (QED) is 0.0963. The molecule has 0 aromatic rings. The minimum atomic E-state index is -0.167. The third-order valence-corrected chi connectivity index (χ3v) is 6.22. The molecule has 0 aliphatic heterocycles. The molecule has 0 heterocycles. The monoisotopic (exact) mass is 751 g/mol. The Bertz CT molecular complexity index is 1020. The summed E-state index contributed by atoms with van der Waals surface area (Å²) in [5.74, 6) is 1.53. The first-order valence-corrected chi connectivity index (χ1v) is 13.2. The summed E-state index contributed by atoms with van der Waals surface area (Å²) in [7, 11) is 6.08. The number of carbonyl (C=O) groups is 2. The van der Waals surface area contributed by atoms with Gasteiger partial charge in [-0.15, -0.1) is 13.1 Å². The topological polar surface area (TPSA) is 123 Å². The van der Waals surface area contributed by atoms with E-state index in [1.165, 1.54) is 40.6 Å². The second-order valence-electron chi connectivity index (χ2n) is 11.1. The zero-order valence-electron chi connectivity index (χ0n) is 26.0. The minimum Gasteiger partial charge on any atom is -1.00 e. The summed E-state index contributed by atoms with van der Waals surface area (Å²) in [6.07, 6.45) is 9.64. The van der Waals surface area contributed by atoms with E-state index in [0.29, 0.717) is 73.5 Å². The number of allylic oxidation sites excluding steroid dienone is 6. The third kappa shape index (κ3) is 13.0. The van der Waals surface area contributed by atoms with E-state index in [9.17, 15) is 9.59 Å². The Morgan fingerprint density at radius 3 is 1.33 bits per heavy atom. The van der Waals surface area contributed by atoms with Crippen molar-refractivity contribution in [1.82, 2.24) is 10.6 Å². The number of ketones is 2. The number of hydrogen-bond acceptors (Lipinski definition) is 8. The molecule has 10 nitrogen and oxygen atoms in total. The van der Waals surface area contributed by atoms with Crippen molar-refractivity contribution in [3.8, 4) is 0 Å². The van der Waals surface area contributed by atoms with Crippen LogP contribution in [0.4, 0.5) is 0 Å². The molecule has 230 valence electrons. The molecule has 2 rings (SSSR count). The molecule has 2 N–H and O–H groups in total. The summed E-state index contributed by atoms with van der Waals surface area (Å²) < 4.78 is 20.9. The summed E-state index contributed by atoms with van der Waals surface area (Å²) in [6.45, 7) is 12.4. The Labute approximate surface area is 280 Å². The molecule has 0 amide bonds. The molecular formula is C30H44GaIN4O6. The van der Waals surface area contributed by atoms with Gasteiger partial charge in [-0.05, 0) is 10.8 Å². The van der Waals surface area contributed by atoms with Crippen molar-refractivity contribution in [3.63, 3.8) is 0 Å². The maximum Gasteiger partial charge on any atom is 3.00 e. The van der Waals surface area contributed by atoms with E-state index in [0.717, 1.165) is 0 Å². The largest absolute Gasteiger partial charge is 3.00 e. The van der Waals surface area contributed by atoms with Crippen LogP contribution in [-0.4, -0.2) is 99.1 Å². The standard InChI is InChI=1S/C30H44N4O6.Ga.HI/c1-29(2,19-33-15-23-25(35)11-21(37-5)13-27(23)39-7)17-31-9-10-32-18-30(3,4)20-34-16-24-26(36)12-22(38-6)14-28(24)40-8;;/h11-16,33-34H,9-10,17-20H2,1-8H3;;1H/q-2;+3;/p-1/b23-15-,24-16+;;/i;1-2;. The summed E-state index contributed by atoms with van der Waals surface area (Å²) in [4.78, 5) is 24.7. The van der Waals surface area contributed by atoms with Crippen LogP contribution < -0.4 is 34.6 Å². The Morgan fingerprint density at radius 1 is 0.667 bits per heavy atom. The maximum atomic E-state index is 12.4. The Morgan fingerprint density at radius 2 is 1.02 bits per heavy atom. The van der Waals surface area contributed by atoms with Crippen LogP contribution in [0.25, 0.3) is 10.6 Å². The number of nitrogens with zero attached hydrogens (tertiary/aromatic N) is 2. The molecule has 2 aliphatic carbocycles. The van der Waals surface area contributed by atoms with Crippen molar-refractivity contribution >= 4 is 31.4 Å². The van der Waals surface area contributed by atoms with Gasteiger partial charge >= 0.3 is 19.8 Å². The molecule has 0 radical (unpaired) electrons. The van der Waals surface area contributed by atoms with Crippen LogP contribution in [-0.2, 0) is 28.5 Å². The number of halogens is 1. The second-order valence-corrected chi connectivity index (χ2v) is 11.1.